The van der Waals surface area contributed by atoms with E-state index >= 15 is 0 Å². The van der Waals surface area contributed by atoms with Crippen molar-refractivity contribution in [3.63, 3.8) is 0 Å². The smallest absolute Gasteiger partial charge is 0.305 e. The van der Waals surface area contributed by atoms with E-state index in [9.17, 15) is 4.79 Å². The van der Waals surface area contributed by atoms with Gasteiger partial charge in [0, 0.05) is 13.0 Å². The molecule has 0 amide bonds. The van der Waals surface area contributed by atoms with Crippen molar-refractivity contribution in [2.75, 3.05) is 39.6 Å². The Bertz CT molecular complexity index is 378. The lowest BCUT2D eigenvalue weighted by Crippen LogP contribution is -2.24. The van der Waals surface area contributed by atoms with Crippen LogP contribution >= 0.6 is 0 Å². The minimum Gasteiger partial charge on any atom is -0.463 e. The number of unbranched alkanes of at least 4 members (excludes halogenated alkanes) is 1. The van der Waals surface area contributed by atoms with Gasteiger partial charge < -0.3 is 33.9 Å². The van der Waals surface area contributed by atoms with Gasteiger partial charge in [0.1, 0.15) is 6.61 Å². The minimum atomic E-state index is -0.447. The molecule has 0 fully saturated rings. The molecule has 0 saturated carbocycles. The Kier molecular flexibility index (Phi) is 22.5. The van der Waals surface area contributed by atoms with Gasteiger partial charge in [-0.1, -0.05) is 20.3 Å². The summed E-state index contributed by atoms with van der Waals surface area (Å²) in [6, 6.07) is 0. The van der Waals surface area contributed by atoms with E-state index in [1.165, 1.54) is 0 Å². The lowest BCUT2D eigenvalue weighted by Gasteiger charge is -2.17. The second-order valence-corrected chi connectivity index (χ2v) is 7.53. The zero-order valence-electron chi connectivity index (χ0n) is 20.1. The summed E-state index contributed by atoms with van der Waals surface area (Å²) in [5, 5.41) is 17.6. The first-order chi connectivity index (χ1) is 14.2. The molecule has 5 unspecified atom stereocenters. The average Bonchev–Trinajstić information content (AvgIpc) is 2.73. The third-order valence-corrected chi connectivity index (χ3v) is 3.78. The van der Waals surface area contributed by atoms with Gasteiger partial charge in [0.05, 0.1) is 56.9 Å². The van der Waals surface area contributed by atoms with E-state index in [-0.39, 0.29) is 37.0 Å². The first-order valence-electron chi connectivity index (χ1n) is 11.1. The molecule has 0 saturated heterocycles. The number of carbonyl (C=O) groups excluding carboxylic acids is 1. The molecule has 30 heavy (non-hydrogen) atoms. The van der Waals surface area contributed by atoms with Crippen LogP contribution in [-0.2, 0) is 28.5 Å². The second-order valence-electron chi connectivity index (χ2n) is 7.53. The first kappa shape index (κ1) is 31.4. The van der Waals surface area contributed by atoms with E-state index in [1.54, 1.807) is 20.8 Å². The Morgan fingerprint density at radius 2 is 1.27 bits per heavy atom. The van der Waals surface area contributed by atoms with Crippen LogP contribution in [0.15, 0.2) is 0 Å². The van der Waals surface area contributed by atoms with Crippen molar-refractivity contribution in [2.45, 2.75) is 98.2 Å². The molecule has 2 N–H and O–H groups in total. The second kappa shape index (κ2) is 21.5. The number of carbonyl (C=O) groups is 1. The number of aliphatic hydroxyl groups excluding tert-OH is 2. The van der Waals surface area contributed by atoms with Crippen molar-refractivity contribution in [3.05, 3.63) is 0 Å². The molecule has 0 aliphatic carbocycles. The highest BCUT2D eigenvalue weighted by Gasteiger charge is 2.09. The van der Waals surface area contributed by atoms with Crippen LogP contribution in [0.5, 0.6) is 0 Å². The molecule has 0 spiro atoms. The number of hydrogen-bond acceptors (Lipinski definition) is 8. The van der Waals surface area contributed by atoms with E-state index in [1.807, 2.05) is 20.8 Å². The molecular weight excluding hydrogens is 392 g/mol. The Balaban J connectivity index is 0. The van der Waals surface area contributed by atoms with E-state index in [2.05, 4.69) is 6.92 Å². The molecule has 0 aliphatic rings. The van der Waals surface area contributed by atoms with Crippen LogP contribution in [-0.4, -0.2) is 86.3 Å². The summed E-state index contributed by atoms with van der Waals surface area (Å²) in [6.07, 6.45) is 1.97. The van der Waals surface area contributed by atoms with Crippen LogP contribution in [0.1, 0.15) is 67.7 Å². The van der Waals surface area contributed by atoms with Crippen molar-refractivity contribution in [1.29, 1.82) is 0 Å². The highest BCUT2D eigenvalue weighted by molar-refractivity contribution is 5.68. The fourth-order valence-electron chi connectivity index (χ4n) is 1.84. The molecule has 0 bridgehead atoms. The van der Waals surface area contributed by atoms with Gasteiger partial charge in [-0.25, -0.2) is 0 Å². The van der Waals surface area contributed by atoms with Gasteiger partial charge in [-0.05, 0) is 41.0 Å². The van der Waals surface area contributed by atoms with Crippen LogP contribution in [0.2, 0.25) is 0 Å². The first-order valence-corrected chi connectivity index (χ1v) is 11.1. The topological polar surface area (TPSA) is 104 Å². The van der Waals surface area contributed by atoms with Crippen molar-refractivity contribution >= 4 is 5.97 Å². The van der Waals surface area contributed by atoms with Crippen LogP contribution in [0, 0.1) is 0 Å². The van der Waals surface area contributed by atoms with E-state index < -0.39 is 6.10 Å². The SMILES string of the molecule is CC(O)COC(C)COC(C)CO.CCCCOC(C)COC(C)COC(=O)CC. The van der Waals surface area contributed by atoms with Gasteiger partial charge in [0.15, 0.2) is 0 Å². The fraction of sp³-hybridized carbons (Fsp3) is 0.955. The largest absolute Gasteiger partial charge is 0.463 e. The van der Waals surface area contributed by atoms with E-state index in [0.717, 1.165) is 19.4 Å². The standard InChI is InChI=1S/C13H26O4.C9H20O4/c1-5-7-8-15-11(3)9-16-12(4)10-17-13(14)6-2;1-7(11)5-12-9(3)6-13-8(2)4-10/h11-12H,5-10H2,1-4H3;7-11H,4-6H2,1-3H3. The average molecular weight is 439 g/mol. The molecule has 0 rings (SSSR count). The Labute approximate surface area is 183 Å². The Hall–Kier alpha value is -0.770. The molecule has 182 valence electrons. The summed E-state index contributed by atoms with van der Waals surface area (Å²) in [6.45, 7) is 15.5. The lowest BCUT2D eigenvalue weighted by molar-refractivity contribution is -0.148. The molecule has 0 radical (unpaired) electrons. The third-order valence-electron chi connectivity index (χ3n) is 3.78. The van der Waals surface area contributed by atoms with Crippen LogP contribution < -0.4 is 0 Å². The number of hydrogen-bond donors (Lipinski definition) is 2. The minimum absolute atomic E-state index is 0.0170. The highest BCUT2D eigenvalue weighted by atomic mass is 16.6. The van der Waals surface area contributed by atoms with Gasteiger partial charge in [-0.15, -0.1) is 0 Å². The Morgan fingerprint density at radius 1 is 0.767 bits per heavy atom. The monoisotopic (exact) mass is 438 g/mol. The van der Waals surface area contributed by atoms with Crippen molar-refractivity contribution in [2.24, 2.45) is 0 Å². The van der Waals surface area contributed by atoms with Crippen LogP contribution in [0.3, 0.4) is 0 Å². The molecule has 0 heterocycles. The highest BCUT2D eigenvalue weighted by Crippen LogP contribution is 2.00. The Morgan fingerprint density at radius 3 is 1.77 bits per heavy atom. The third kappa shape index (κ3) is 23.5. The maximum atomic E-state index is 10.9. The quantitative estimate of drug-likeness (QED) is 0.264. The predicted molar refractivity (Wildman–Crippen MR) is 117 cm³/mol. The van der Waals surface area contributed by atoms with Gasteiger partial charge in [0.2, 0.25) is 0 Å². The van der Waals surface area contributed by atoms with Crippen molar-refractivity contribution in [1.82, 2.24) is 0 Å². The molecular formula is C22H46O8. The van der Waals surface area contributed by atoms with Gasteiger partial charge >= 0.3 is 5.97 Å². The molecule has 0 aliphatic heterocycles. The zero-order valence-corrected chi connectivity index (χ0v) is 20.1. The summed E-state index contributed by atoms with van der Waals surface area (Å²) in [5.41, 5.74) is 0. The number of esters is 1. The summed E-state index contributed by atoms with van der Waals surface area (Å²) >= 11 is 0. The predicted octanol–water partition coefficient (Wildman–Crippen LogP) is 2.72. The normalized spacial score (nSPS) is 16.0. The lowest BCUT2D eigenvalue weighted by atomic mass is 10.3. The van der Waals surface area contributed by atoms with Gasteiger partial charge in [-0.3, -0.25) is 4.79 Å². The van der Waals surface area contributed by atoms with Crippen molar-refractivity contribution < 1.29 is 38.7 Å². The molecule has 5 atom stereocenters. The number of ether oxygens (including phenoxy) is 5. The van der Waals surface area contributed by atoms with Gasteiger partial charge in [0.25, 0.3) is 0 Å². The molecule has 0 aromatic carbocycles. The van der Waals surface area contributed by atoms with Crippen LogP contribution in [0.25, 0.3) is 0 Å². The molecule has 8 nitrogen and oxygen atoms in total. The van der Waals surface area contributed by atoms with E-state index in [0.29, 0.717) is 32.8 Å². The summed E-state index contributed by atoms with van der Waals surface area (Å²) in [7, 11) is 0. The maximum Gasteiger partial charge on any atom is 0.305 e. The van der Waals surface area contributed by atoms with Gasteiger partial charge in [-0.2, -0.15) is 0 Å². The fourth-order valence-corrected chi connectivity index (χ4v) is 1.84. The number of rotatable bonds is 17. The molecule has 0 aromatic rings. The summed E-state index contributed by atoms with van der Waals surface area (Å²) in [4.78, 5) is 10.9. The van der Waals surface area contributed by atoms with Crippen LogP contribution in [0.4, 0.5) is 0 Å². The number of aliphatic hydroxyl groups is 2. The maximum absolute atomic E-state index is 10.9. The molecule has 8 heteroatoms. The summed E-state index contributed by atoms with van der Waals surface area (Å²) in [5.74, 6) is -0.187. The van der Waals surface area contributed by atoms with E-state index in [4.69, 9.17) is 33.9 Å². The van der Waals surface area contributed by atoms with Crippen molar-refractivity contribution in [3.8, 4) is 0 Å². The molecule has 0 aromatic heterocycles. The zero-order chi connectivity index (χ0) is 23.4. The summed E-state index contributed by atoms with van der Waals surface area (Å²) < 4.78 is 26.5.